The van der Waals surface area contributed by atoms with Crippen LogP contribution in [0.25, 0.3) is 10.1 Å². The van der Waals surface area contributed by atoms with Gasteiger partial charge in [-0.05, 0) is 50.3 Å². The molecule has 0 spiro atoms. The largest absolute Gasteiger partial charge is 0.379 e. The molecule has 1 atom stereocenters. The van der Waals surface area contributed by atoms with Gasteiger partial charge in [0.05, 0.1) is 5.60 Å². The molecule has 0 saturated carbocycles. The van der Waals surface area contributed by atoms with Crippen molar-refractivity contribution in [3.8, 4) is 0 Å². The minimum atomic E-state index is -0.199. The fourth-order valence-corrected chi connectivity index (χ4v) is 3.08. The fourth-order valence-electron chi connectivity index (χ4n) is 1.96. The van der Waals surface area contributed by atoms with E-state index in [0.717, 1.165) is 27.8 Å². The van der Waals surface area contributed by atoms with Crippen LogP contribution in [0.1, 0.15) is 37.6 Å². The van der Waals surface area contributed by atoms with Crippen LogP contribution in [0.15, 0.2) is 24.3 Å². The summed E-state index contributed by atoms with van der Waals surface area (Å²) in [6.07, 6.45) is 1.75. The zero-order chi connectivity index (χ0) is 14.0. The molecule has 1 heterocycles. The molecule has 2 nitrogen and oxygen atoms in total. The first-order valence-electron chi connectivity index (χ1n) is 6.41. The Bertz CT molecular complexity index is 564. The first-order chi connectivity index (χ1) is 8.91. The maximum absolute atomic E-state index is 13.2. The number of fused-ring (bicyclic) bond motifs is 1. The van der Waals surface area contributed by atoms with Gasteiger partial charge in [-0.3, -0.25) is 0 Å². The zero-order valence-electron chi connectivity index (χ0n) is 11.6. The molecule has 1 unspecified atom stereocenters. The Hall–Kier alpha value is -0.970. The quantitative estimate of drug-likeness (QED) is 0.889. The summed E-state index contributed by atoms with van der Waals surface area (Å²) in [7, 11) is 1.72. The first kappa shape index (κ1) is 14.4. The molecule has 1 aromatic heterocycles. The predicted molar refractivity (Wildman–Crippen MR) is 79.0 cm³/mol. The van der Waals surface area contributed by atoms with E-state index in [2.05, 4.69) is 19.9 Å². The second-order valence-corrected chi connectivity index (χ2v) is 6.56. The SMILES string of the molecule is COC(C)(C)CCC(N)c1cc2ccc(F)cc2s1. The van der Waals surface area contributed by atoms with Crippen molar-refractivity contribution in [3.05, 3.63) is 35.0 Å². The van der Waals surface area contributed by atoms with Crippen molar-refractivity contribution in [2.24, 2.45) is 5.73 Å². The van der Waals surface area contributed by atoms with Crippen molar-refractivity contribution in [3.63, 3.8) is 0 Å². The average molecular weight is 281 g/mol. The molecule has 0 saturated heterocycles. The third kappa shape index (κ3) is 3.53. The maximum Gasteiger partial charge on any atom is 0.124 e. The number of methoxy groups -OCH3 is 1. The van der Waals surface area contributed by atoms with Crippen LogP contribution in [0.3, 0.4) is 0 Å². The van der Waals surface area contributed by atoms with Gasteiger partial charge in [0.15, 0.2) is 0 Å². The average Bonchev–Trinajstić information content (AvgIpc) is 2.79. The summed E-state index contributed by atoms with van der Waals surface area (Å²) in [5.41, 5.74) is 6.07. The summed E-state index contributed by atoms with van der Waals surface area (Å²) >= 11 is 1.57. The van der Waals surface area contributed by atoms with E-state index in [4.69, 9.17) is 10.5 Å². The Labute approximate surface area is 117 Å². The minimum absolute atomic E-state index is 0.0186. The molecule has 0 fully saturated rings. The summed E-state index contributed by atoms with van der Waals surface area (Å²) < 4.78 is 19.5. The number of thiophene rings is 1. The molecular weight excluding hydrogens is 261 g/mol. The molecule has 0 aliphatic heterocycles. The van der Waals surface area contributed by atoms with Crippen LogP contribution in [0, 0.1) is 5.82 Å². The van der Waals surface area contributed by atoms with Crippen molar-refractivity contribution in [1.29, 1.82) is 0 Å². The van der Waals surface area contributed by atoms with Crippen molar-refractivity contribution in [1.82, 2.24) is 0 Å². The molecule has 1 aromatic carbocycles. The zero-order valence-corrected chi connectivity index (χ0v) is 12.4. The van der Waals surface area contributed by atoms with Gasteiger partial charge in [0.2, 0.25) is 0 Å². The van der Waals surface area contributed by atoms with E-state index in [-0.39, 0.29) is 17.5 Å². The second kappa shape index (κ2) is 5.57. The summed E-state index contributed by atoms with van der Waals surface area (Å²) in [5, 5.41) is 1.06. The van der Waals surface area contributed by atoms with E-state index in [1.54, 1.807) is 30.6 Å². The molecule has 0 amide bonds. The Morgan fingerprint density at radius 2 is 2.11 bits per heavy atom. The molecule has 4 heteroatoms. The highest BCUT2D eigenvalue weighted by molar-refractivity contribution is 7.19. The van der Waals surface area contributed by atoms with Crippen molar-refractivity contribution in [2.45, 2.75) is 38.3 Å². The molecule has 2 N–H and O–H groups in total. The third-order valence-electron chi connectivity index (χ3n) is 3.48. The van der Waals surface area contributed by atoms with Gasteiger partial charge < -0.3 is 10.5 Å². The highest BCUT2D eigenvalue weighted by atomic mass is 32.1. The van der Waals surface area contributed by atoms with E-state index in [1.807, 2.05) is 0 Å². The monoisotopic (exact) mass is 281 g/mol. The minimum Gasteiger partial charge on any atom is -0.379 e. The molecular formula is C15H20FNOS. The molecule has 2 rings (SSSR count). The Balaban J connectivity index is 2.11. The van der Waals surface area contributed by atoms with Crippen LogP contribution in [-0.2, 0) is 4.74 Å². The van der Waals surface area contributed by atoms with E-state index in [9.17, 15) is 4.39 Å². The Morgan fingerprint density at radius 3 is 2.79 bits per heavy atom. The Morgan fingerprint density at radius 1 is 1.37 bits per heavy atom. The lowest BCUT2D eigenvalue weighted by Gasteiger charge is -2.24. The Kier molecular flexibility index (Phi) is 4.23. The van der Waals surface area contributed by atoms with Crippen LogP contribution < -0.4 is 5.73 Å². The van der Waals surface area contributed by atoms with Crippen LogP contribution >= 0.6 is 11.3 Å². The lowest BCUT2D eigenvalue weighted by molar-refractivity contribution is 0.0125. The van der Waals surface area contributed by atoms with Gasteiger partial charge in [0.25, 0.3) is 0 Å². The van der Waals surface area contributed by atoms with Gasteiger partial charge in [-0.15, -0.1) is 11.3 Å². The molecule has 19 heavy (non-hydrogen) atoms. The number of nitrogens with two attached hydrogens (primary N) is 1. The van der Waals surface area contributed by atoms with E-state index in [1.165, 1.54) is 6.07 Å². The van der Waals surface area contributed by atoms with Crippen molar-refractivity contribution >= 4 is 21.4 Å². The van der Waals surface area contributed by atoms with E-state index >= 15 is 0 Å². The third-order valence-corrected chi connectivity index (χ3v) is 4.71. The molecule has 0 radical (unpaired) electrons. The molecule has 0 aliphatic rings. The van der Waals surface area contributed by atoms with E-state index < -0.39 is 0 Å². The molecule has 2 aromatic rings. The molecule has 0 bridgehead atoms. The smallest absolute Gasteiger partial charge is 0.124 e. The summed E-state index contributed by atoms with van der Waals surface area (Å²) in [6, 6.07) is 6.89. The van der Waals surface area contributed by atoms with Crippen LogP contribution in [-0.4, -0.2) is 12.7 Å². The summed E-state index contributed by atoms with van der Waals surface area (Å²) in [4.78, 5) is 1.10. The number of rotatable bonds is 5. The lowest BCUT2D eigenvalue weighted by atomic mass is 9.98. The molecule has 104 valence electrons. The van der Waals surface area contributed by atoms with E-state index in [0.29, 0.717) is 0 Å². The number of ether oxygens (including phenoxy) is 1. The maximum atomic E-state index is 13.2. The van der Waals surface area contributed by atoms with Crippen LogP contribution in [0.4, 0.5) is 4.39 Å². The van der Waals surface area contributed by atoms with Gasteiger partial charge in [0, 0.05) is 22.7 Å². The number of hydrogen-bond acceptors (Lipinski definition) is 3. The number of halogens is 1. The lowest BCUT2D eigenvalue weighted by Crippen LogP contribution is -2.24. The molecule has 0 aliphatic carbocycles. The topological polar surface area (TPSA) is 35.2 Å². The van der Waals surface area contributed by atoms with Crippen molar-refractivity contribution in [2.75, 3.05) is 7.11 Å². The normalized spacial score (nSPS) is 13.9. The fraction of sp³-hybridized carbons (Fsp3) is 0.467. The highest BCUT2D eigenvalue weighted by Crippen LogP contribution is 2.32. The van der Waals surface area contributed by atoms with Crippen LogP contribution in [0.5, 0.6) is 0 Å². The van der Waals surface area contributed by atoms with Gasteiger partial charge in [0.1, 0.15) is 5.82 Å². The first-order valence-corrected chi connectivity index (χ1v) is 7.23. The van der Waals surface area contributed by atoms with Crippen LogP contribution in [0.2, 0.25) is 0 Å². The standard InChI is InChI=1S/C15H20FNOS/c1-15(2,18-3)7-6-12(17)14-8-10-4-5-11(16)9-13(10)19-14/h4-5,8-9,12H,6-7,17H2,1-3H3. The van der Waals surface area contributed by atoms with Gasteiger partial charge in [-0.2, -0.15) is 0 Å². The predicted octanol–water partition coefficient (Wildman–Crippen LogP) is 4.25. The number of hydrogen-bond donors (Lipinski definition) is 1. The summed E-state index contributed by atoms with van der Waals surface area (Å²) in [5.74, 6) is -0.199. The second-order valence-electron chi connectivity index (χ2n) is 5.44. The summed E-state index contributed by atoms with van der Waals surface area (Å²) in [6.45, 7) is 4.11. The van der Waals surface area contributed by atoms with Gasteiger partial charge in [-0.1, -0.05) is 6.07 Å². The van der Waals surface area contributed by atoms with Gasteiger partial charge in [-0.25, -0.2) is 4.39 Å². The van der Waals surface area contributed by atoms with Crippen molar-refractivity contribution < 1.29 is 9.13 Å². The van der Waals surface area contributed by atoms with Gasteiger partial charge >= 0.3 is 0 Å². The number of benzene rings is 1. The highest BCUT2D eigenvalue weighted by Gasteiger charge is 2.19.